The van der Waals surface area contributed by atoms with Crippen molar-refractivity contribution in [2.45, 2.75) is 25.9 Å². The molecule has 1 aromatic carbocycles. The number of nitrogens with one attached hydrogen (secondary N) is 1. The number of benzene rings is 1. The van der Waals surface area contributed by atoms with Crippen LogP contribution >= 0.6 is 0 Å². The number of hydrogen-bond acceptors (Lipinski definition) is 6. The summed E-state index contributed by atoms with van der Waals surface area (Å²) in [4.78, 5) is 0. The molecule has 1 heterocycles. The fraction of sp³-hybridized carbons (Fsp3) is 0.385. The summed E-state index contributed by atoms with van der Waals surface area (Å²) >= 11 is 0. The van der Waals surface area contributed by atoms with Gasteiger partial charge in [-0.3, -0.25) is 0 Å². The van der Waals surface area contributed by atoms with Gasteiger partial charge in [-0.05, 0) is 31.5 Å². The van der Waals surface area contributed by atoms with Gasteiger partial charge >= 0.3 is 6.01 Å². The molecule has 1 aromatic heterocycles. The second kappa shape index (κ2) is 5.71. The lowest BCUT2D eigenvalue weighted by molar-refractivity contribution is 0.414. The Balaban J connectivity index is 2.04. The Morgan fingerprint density at radius 1 is 1.21 bits per heavy atom. The van der Waals surface area contributed by atoms with Crippen molar-refractivity contribution in [3.8, 4) is 5.75 Å². The number of nitrogens with zero attached hydrogens (tertiary/aromatic N) is 2. The highest BCUT2D eigenvalue weighted by Crippen LogP contribution is 2.21. The molecule has 6 nitrogen and oxygen atoms in total. The van der Waals surface area contributed by atoms with E-state index in [9.17, 15) is 0 Å². The van der Waals surface area contributed by atoms with Crippen LogP contribution in [0.1, 0.15) is 37.4 Å². The van der Waals surface area contributed by atoms with E-state index >= 15 is 0 Å². The van der Waals surface area contributed by atoms with Crippen molar-refractivity contribution in [2.75, 3.05) is 12.4 Å². The van der Waals surface area contributed by atoms with Gasteiger partial charge < -0.3 is 20.2 Å². The third-order valence-electron chi connectivity index (χ3n) is 2.79. The maximum Gasteiger partial charge on any atom is 0.315 e. The van der Waals surface area contributed by atoms with E-state index in [-0.39, 0.29) is 12.1 Å². The Morgan fingerprint density at radius 3 is 2.42 bits per heavy atom. The van der Waals surface area contributed by atoms with E-state index in [1.165, 1.54) is 0 Å². The molecule has 6 heteroatoms. The van der Waals surface area contributed by atoms with E-state index in [1.54, 1.807) is 14.0 Å². The van der Waals surface area contributed by atoms with E-state index in [0.717, 1.165) is 11.3 Å². The molecule has 0 aliphatic carbocycles. The van der Waals surface area contributed by atoms with Gasteiger partial charge in [-0.25, -0.2) is 0 Å². The van der Waals surface area contributed by atoms with Crippen molar-refractivity contribution < 1.29 is 9.15 Å². The molecule has 0 aliphatic rings. The SMILES string of the molecule is COc1ccc(C(C)Nc2nnc(C(C)N)o2)cc1. The van der Waals surface area contributed by atoms with Crippen molar-refractivity contribution >= 4 is 6.01 Å². The van der Waals surface area contributed by atoms with Crippen molar-refractivity contribution in [2.24, 2.45) is 5.73 Å². The minimum atomic E-state index is -0.264. The number of ether oxygens (including phenoxy) is 1. The summed E-state index contributed by atoms with van der Waals surface area (Å²) in [6, 6.07) is 7.95. The molecule has 19 heavy (non-hydrogen) atoms. The minimum absolute atomic E-state index is 0.0484. The molecule has 0 spiro atoms. The fourth-order valence-corrected chi connectivity index (χ4v) is 1.64. The summed E-state index contributed by atoms with van der Waals surface area (Å²) in [5, 5.41) is 10.9. The van der Waals surface area contributed by atoms with E-state index in [1.807, 2.05) is 31.2 Å². The summed E-state index contributed by atoms with van der Waals surface area (Å²) in [7, 11) is 1.64. The predicted octanol–water partition coefficient (Wildman–Crippen LogP) is 2.27. The molecular formula is C13H18N4O2. The highest BCUT2D eigenvalue weighted by molar-refractivity contribution is 5.33. The van der Waals surface area contributed by atoms with Crippen molar-refractivity contribution in [3.63, 3.8) is 0 Å². The number of aromatic nitrogens is 2. The molecule has 2 atom stereocenters. The molecule has 2 unspecified atom stereocenters. The zero-order valence-corrected chi connectivity index (χ0v) is 11.3. The monoisotopic (exact) mass is 262 g/mol. The van der Waals surface area contributed by atoms with Gasteiger partial charge in [-0.15, -0.1) is 5.10 Å². The van der Waals surface area contributed by atoms with Crippen LogP contribution in [0.25, 0.3) is 0 Å². The molecule has 0 amide bonds. The van der Waals surface area contributed by atoms with Crippen LogP contribution in [0.2, 0.25) is 0 Å². The van der Waals surface area contributed by atoms with Crippen molar-refractivity contribution in [1.29, 1.82) is 0 Å². The first kappa shape index (κ1) is 13.4. The smallest absolute Gasteiger partial charge is 0.315 e. The molecule has 0 saturated carbocycles. The van der Waals surface area contributed by atoms with Crippen LogP contribution in [0.5, 0.6) is 5.75 Å². The lowest BCUT2D eigenvalue weighted by Crippen LogP contribution is -2.07. The summed E-state index contributed by atoms with van der Waals surface area (Å²) in [5.41, 5.74) is 6.76. The summed E-state index contributed by atoms with van der Waals surface area (Å²) in [6.07, 6.45) is 0. The Morgan fingerprint density at radius 2 is 1.89 bits per heavy atom. The van der Waals surface area contributed by atoms with Gasteiger partial charge in [-0.1, -0.05) is 17.2 Å². The van der Waals surface area contributed by atoms with Crippen molar-refractivity contribution in [3.05, 3.63) is 35.7 Å². The molecule has 2 rings (SSSR count). The third-order valence-corrected chi connectivity index (χ3v) is 2.79. The lowest BCUT2D eigenvalue weighted by Gasteiger charge is -2.12. The first-order chi connectivity index (χ1) is 9.10. The van der Waals surface area contributed by atoms with Crippen LogP contribution in [0, 0.1) is 0 Å². The first-order valence-electron chi connectivity index (χ1n) is 6.09. The van der Waals surface area contributed by atoms with Crippen LogP contribution in [-0.4, -0.2) is 17.3 Å². The van der Waals surface area contributed by atoms with Crippen LogP contribution in [0.3, 0.4) is 0 Å². The van der Waals surface area contributed by atoms with Crippen LogP contribution in [0.15, 0.2) is 28.7 Å². The molecule has 2 aromatic rings. The maximum absolute atomic E-state index is 5.66. The topological polar surface area (TPSA) is 86.2 Å². The number of methoxy groups -OCH3 is 1. The standard InChI is InChI=1S/C13H18N4O2/c1-8(14)12-16-17-13(19-12)15-9(2)10-4-6-11(18-3)7-5-10/h4-9H,14H2,1-3H3,(H,15,17). The molecular weight excluding hydrogens is 244 g/mol. The Hall–Kier alpha value is -2.08. The maximum atomic E-state index is 5.66. The van der Waals surface area contributed by atoms with Crippen LogP contribution in [-0.2, 0) is 0 Å². The van der Waals surface area contributed by atoms with Gasteiger partial charge in [0.1, 0.15) is 5.75 Å². The molecule has 0 fully saturated rings. The number of nitrogens with two attached hydrogens (primary N) is 1. The quantitative estimate of drug-likeness (QED) is 0.859. The highest BCUT2D eigenvalue weighted by Gasteiger charge is 2.12. The van der Waals surface area contributed by atoms with E-state index < -0.39 is 0 Å². The van der Waals surface area contributed by atoms with Gasteiger partial charge in [-0.2, -0.15) is 0 Å². The normalized spacial score (nSPS) is 13.9. The average molecular weight is 262 g/mol. The summed E-state index contributed by atoms with van der Waals surface area (Å²) < 4.78 is 10.5. The van der Waals surface area contributed by atoms with E-state index in [4.69, 9.17) is 14.9 Å². The number of rotatable bonds is 5. The molecule has 102 valence electrons. The number of anilines is 1. The lowest BCUT2D eigenvalue weighted by atomic mass is 10.1. The molecule has 3 N–H and O–H groups in total. The Kier molecular flexibility index (Phi) is 4.01. The van der Waals surface area contributed by atoms with Crippen LogP contribution in [0.4, 0.5) is 6.01 Å². The Labute approximate surface area is 112 Å². The highest BCUT2D eigenvalue weighted by atomic mass is 16.5. The van der Waals surface area contributed by atoms with Crippen LogP contribution < -0.4 is 15.8 Å². The Bertz CT molecular complexity index is 522. The summed E-state index contributed by atoms with van der Waals surface area (Å²) in [6.45, 7) is 3.81. The van der Waals surface area contributed by atoms with Crippen molar-refractivity contribution in [1.82, 2.24) is 10.2 Å². The van der Waals surface area contributed by atoms with Gasteiger partial charge in [0, 0.05) is 0 Å². The van der Waals surface area contributed by atoms with Gasteiger partial charge in [0.2, 0.25) is 5.89 Å². The number of hydrogen-bond donors (Lipinski definition) is 2. The van der Waals surface area contributed by atoms with Gasteiger partial charge in [0.15, 0.2) is 0 Å². The molecule has 0 bridgehead atoms. The van der Waals surface area contributed by atoms with E-state index in [0.29, 0.717) is 11.9 Å². The minimum Gasteiger partial charge on any atom is -0.497 e. The predicted molar refractivity (Wildman–Crippen MR) is 71.9 cm³/mol. The van der Waals surface area contributed by atoms with Gasteiger partial charge in [0.25, 0.3) is 0 Å². The molecule has 0 saturated heterocycles. The van der Waals surface area contributed by atoms with Gasteiger partial charge in [0.05, 0.1) is 19.2 Å². The first-order valence-corrected chi connectivity index (χ1v) is 6.09. The third kappa shape index (κ3) is 3.23. The zero-order valence-electron chi connectivity index (χ0n) is 11.3. The van der Waals surface area contributed by atoms with E-state index in [2.05, 4.69) is 15.5 Å². The second-order valence-electron chi connectivity index (χ2n) is 4.37. The largest absolute Gasteiger partial charge is 0.497 e. The summed E-state index contributed by atoms with van der Waals surface area (Å²) in [5.74, 6) is 1.25. The second-order valence-corrected chi connectivity index (χ2v) is 4.37. The molecule has 0 radical (unpaired) electrons. The molecule has 0 aliphatic heterocycles. The zero-order chi connectivity index (χ0) is 13.8. The fourth-order valence-electron chi connectivity index (χ4n) is 1.64. The average Bonchev–Trinajstić information content (AvgIpc) is 2.87.